The van der Waals surface area contributed by atoms with Crippen LogP contribution in [-0.4, -0.2) is 37.2 Å². The van der Waals surface area contributed by atoms with Gasteiger partial charge in [0.2, 0.25) is 0 Å². The molecular weight excluding hydrogens is 949 g/mol. The zero-order valence-electron chi connectivity index (χ0n) is 51.0. The lowest BCUT2D eigenvalue weighted by atomic mass is 10.0. The van der Waals surface area contributed by atoms with Crippen molar-refractivity contribution in [1.29, 1.82) is 0 Å². The Balaban J connectivity index is 4.19. The minimum atomic E-state index is -0.781. The largest absolute Gasteiger partial charge is 0.462 e. The maximum absolute atomic E-state index is 12.9. The van der Waals surface area contributed by atoms with Crippen LogP contribution in [0.15, 0.2) is 85.1 Å². The summed E-state index contributed by atoms with van der Waals surface area (Å²) in [5, 5.41) is 0. The lowest BCUT2D eigenvalue weighted by molar-refractivity contribution is -0.167. The van der Waals surface area contributed by atoms with E-state index in [4.69, 9.17) is 14.2 Å². The minimum absolute atomic E-state index is 0.0775. The van der Waals surface area contributed by atoms with E-state index in [-0.39, 0.29) is 31.1 Å². The van der Waals surface area contributed by atoms with Crippen LogP contribution in [0.3, 0.4) is 0 Å². The number of esters is 3. The molecule has 1 unspecified atom stereocenters. The van der Waals surface area contributed by atoms with E-state index in [1.807, 2.05) is 0 Å². The molecule has 0 radical (unpaired) electrons. The Morgan fingerprint density at radius 2 is 0.506 bits per heavy atom. The van der Waals surface area contributed by atoms with Crippen LogP contribution >= 0.6 is 0 Å². The maximum atomic E-state index is 12.9. The first-order valence-electron chi connectivity index (χ1n) is 33.1. The Morgan fingerprint density at radius 1 is 0.273 bits per heavy atom. The molecule has 0 aliphatic carbocycles. The molecule has 0 aliphatic rings. The highest BCUT2D eigenvalue weighted by atomic mass is 16.6. The predicted molar refractivity (Wildman–Crippen MR) is 334 cm³/mol. The predicted octanol–water partition coefficient (Wildman–Crippen LogP) is 22.7. The Labute approximate surface area is 477 Å². The standard InChI is InChI=1S/C71H124O6/c1-4-7-10-13-16-19-22-25-27-29-30-31-32-33-34-35-36-37-38-39-40-41-42-43-45-46-49-52-55-58-61-64-70(73)76-67-68(66-75-69(72)63-60-57-54-51-48-24-21-18-15-12-9-6-3)77-71(74)65-62-59-56-53-50-47-44-28-26-23-20-17-14-11-8-5-2/h7,10,16,19-20,23,25,27-28,30-31,33-34,44,68H,4-6,8-9,11-15,17-18,21-22,24,26,29,32,35-43,45-67H2,1-3H3/b10-7-,19-16-,23-20-,27-25-,31-30-,34-33-,44-28-. The molecule has 0 saturated carbocycles. The maximum Gasteiger partial charge on any atom is 0.306 e. The summed E-state index contributed by atoms with van der Waals surface area (Å²) in [7, 11) is 0. The van der Waals surface area contributed by atoms with E-state index in [1.165, 1.54) is 173 Å². The van der Waals surface area contributed by atoms with Crippen LogP contribution < -0.4 is 0 Å². The van der Waals surface area contributed by atoms with Crippen LogP contribution in [0.4, 0.5) is 0 Å². The van der Waals surface area contributed by atoms with Crippen molar-refractivity contribution < 1.29 is 28.6 Å². The first-order chi connectivity index (χ1) is 38.0. The number of rotatable bonds is 60. The Kier molecular flexibility index (Phi) is 62.2. The highest BCUT2D eigenvalue weighted by Crippen LogP contribution is 2.17. The molecule has 0 N–H and O–H groups in total. The summed E-state index contributed by atoms with van der Waals surface area (Å²) in [6, 6.07) is 0. The smallest absolute Gasteiger partial charge is 0.306 e. The van der Waals surface area contributed by atoms with Gasteiger partial charge < -0.3 is 14.2 Å². The lowest BCUT2D eigenvalue weighted by Gasteiger charge is -2.18. The van der Waals surface area contributed by atoms with E-state index in [1.54, 1.807) is 0 Å². The average molecular weight is 1070 g/mol. The molecule has 0 saturated heterocycles. The summed E-state index contributed by atoms with van der Waals surface area (Å²) in [5.74, 6) is -0.877. The Hall–Kier alpha value is -3.41. The van der Waals surface area contributed by atoms with Crippen molar-refractivity contribution in [3.05, 3.63) is 85.1 Å². The van der Waals surface area contributed by atoms with Crippen LogP contribution in [0.1, 0.15) is 329 Å². The van der Waals surface area contributed by atoms with Gasteiger partial charge in [-0.3, -0.25) is 14.4 Å². The summed E-state index contributed by atoms with van der Waals surface area (Å²) >= 11 is 0. The second kappa shape index (κ2) is 65.1. The molecular formula is C71H124O6. The number of unbranched alkanes of at least 4 members (excludes halogenated alkanes) is 35. The molecule has 0 amide bonds. The van der Waals surface area contributed by atoms with Crippen LogP contribution in [-0.2, 0) is 28.6 Å². The normalized spacial score (nSPS) is 12.6. The molecule has 0 aliphatic heterocycles. The van der Waals surface area contributed by atoms with Gasteiger partial charge in [0, 0.05) is 19.3 Å². The van der Waals surface area contributed by atoms with Gasteiger partial charge in [-0.2, -0.15) is 0 Å². The minimum Gasteiger partial charge on any atom is -0.462 e. The third kappa shape index (κ3) is 63.3. The fraction of sp³-hybridized carbons (Fsp3) is 0.761. The summed E-state index contributed by atoms with van der Waals surface area (Å²) in [5.41, 5.74) is 0. The molecule has 0 aromatic carbocycles. The van der Waals surface area contributed by atoms with Gasteiger partial charge in [0.25, 0.3) is 0 Å². The quantitative estimate of drug-likeness (QED) is 0.0261. The summed E-state index contributed by atoms with van der Waals surface area (Å²) in [6.45, 7) is 6.53. The van der Waals surface area contributed by atoms with Crippen LogP contribution in [0.2, 0.25) is 0 Å². The molecule has 1 atom stereocenters. The zero-order chi connectivity index (χ0) is 55.7. The number of allylic oxidation sites excluding steroid dienone is 14. The van der Waals surface area contributed by atoms with Gasteiger partial charge in [-0.05, 0) is 96.3 Å². The SMILES string of the molecule is CC/C=C\C/C=C\C/C=C\C/C=C\C/C=C\CCCCCCCCCCCCCCCCCC(=O)OCC(COC(=O)CCCCCCCCCCCCCC)OC(=O)CCCCCCC/C=C\C/C=C\CCCCCC. The molecule has 0 rings (SSSR count). The van der Waals surface area contributed by atoms with Crippen molar-refractivity contribution in [3.8, 4) is 0 Å². The van der Waals surface area contributed by atoms with Crippen LogP contribution in [0.25, 0.3) is 0 Å². The van der Waals surface area contributed by atoms with Gasteiger partial charge in [0.15, 0.2) is 6.10 Å². The van der Waals surface area contributed by atoms with Gasteiger partial charge in [0.05, 0.1) is 0 Å². The highest BCUT2D eigenvalue weighted by molar-refractivity contribution is 5.71. The van der Waals surface area contributed by atoms with Gasteiger partial charge in [-0.15, -0.1) is 0 Å². The van der Waals surface area contributed by atoms with Crippen molar-refractivity contribution in [2.45, 2.75) is 335 Å². The molecule has 444 valence electrons. The molecule has 0 spiro atoms. The molecule has 0 aromatic rings. The van der Waals surface area contributed by atoms with E-state index in [2.05, 4.69) is 106 Å². The summed E-state index contributed by atoms with van der Waals surface area (Å²) < 4.78 is 16.9. The number of carbonyl (C=O) groups excluding carboxylic acids is 3. The third-order valence-electron chi connectivity index (χ3n) is 14.4. The van der Waals surface area contributed by atoms with Crippen molar-refractivity contribution in [1.82, 2.24) is 0 Å². The van der Waals surface area contributed by atoms with Crippen molar-refractivity contribution >= 4 is 17.9 Å². The fourth-order valence-electron chi connectivity index (χ4n) is 9.44. The highest BCUT2D eigenvalue weighted by Gasteiger charge is 2.19. The monoisotopic (exact) mass is 1070 g/mol. The van der Waals surface area contributed by atoms with Crippen LogP contribution in [0, 0.1) is 0 Å². The number of hydrogen-bond acceptors (Lipinski definition) is 6. The second-order valence-electron chi connectivity index (χ2n) is 22.0. The van der Waals surface area contributed by atoms with Crippen molar-refractivity contribution in [2.24, 2.45) is 0 Å². The van der Waals surface area contributed by atoms with Crippen molar-refractivity contribution in [3.63, 3.8) is 0 Å². The summed E-state index contributed by atoms with van der Waals surface area (Å²) in [4.78, 5) is 38.3. The zero-order valence-corrected chi connectivity index (χ0v) is 51.0. The Bertz CT molecular complexity index is 1470. The molecule has 0 aromatic heterocycles. The molecule has 6 nitrogen and oxygen atoms in total. The van der Waals surface area contributed by atoms with E-state index in [0.717, 1.165) is 116 Å². The number of carbonyl (C=O) groups is 3. The van der Waals surface area contributed by atoms with E-state index in [9.17, 15) is 14.4 Å². The van der Waals surface area contributed by atoms with Gasteiger partial charge >= 0.3 is 17.9 Å². The van der Waals surface area contributed by atoms with Gasteiger partial charge in [-0.25, -0.2) is 0 Å². The van der Waals surface area contributed by atoms with Crippen LogP contribution in [0.5, 0.6) is 0 Å². The molecule has 0 heterocycles. The first-order valence-corrected chi connectivity index (χ1v) is 33.1. The first kappa shape index (κ1) is 73.6. The summed E-state index contributed by atoms with van der Waals surface area (Å²) in [6.07, 6.45) is 86.0. The molecule has 77 heavy (non-hydrogen) atoms. The molecule has 0 fully saturated rings. The van der Waals surface area contributed by atoms with E-state index in [0.29, 0.717) is 19.3 Å². The van der Waals surface area contributed by atoms with E-state index < -0.39 is 6.10 Å². The van der Waals surface area contributed by atoms with Crippen molar-refractivity contribution in [2.75, 3.05) is 13.2 Å². The average Bonchev–Trinajstić information content (AvgIpc) is 3.43. The topological polar surface area (TPSA) is 78.9 Å². The Morgan fingerprint density at radius 3 is 0.805 bits per heavy atom. The van der Waals surface area contributed by atoms with E-state index >= 15 is 0 Å². The molecule has 0 bridgehead atoms. The number of ether oxygens (including phenoxy) is 3. The van der Waals surface area contributed by atoms with Gasteiger partial charge in [-0.1, -0.05) is 298 Å². The van der Waals surface area contributed by atoms with Gasteiger partial charge in [0.1, 0.15) is 13.2 Å². The lowest BCUT2D eigenvalue weighted by Crippen LogP contribution is -2.30. The fourth-order valence-corrected chi connectivity index (χ4v) is 9.44. The second-order valence-corrected chi connectivity index (χ2v) is 22.0. The number of hydrogen-bond donors (Lipinski definition) is 0. The molecule has 6 heteroatoms. The third-order valence-corrected chi connectivity index (χ3v) is 14.4.